The number of pyridine rings is 1. The van der Waals surface area contributed by atoms with Gasteiger partial charge in [0.25, 0.3) is 0 Å². The minimum absolute atomic E-state index is 0.148. The summed E-state index contributed by atoms with van der Waals surface area (Å²) in [6, 6.07) is 1.38. The second-order valence-corrected chi connectivity index (χ2v) is 8.49. The molecule has 0 atom stereocenters. The van der Waals surface area contributed by atoms with E-state index in [-0.39, 0.29) is 5.15 Å². The number of nitrogens with one attached hydrogen (secondary N) is 1. The fourth-order valence-electron chi connectivity index (χ4n) is 1.03. The molecule has 0 unspecified atom stereocenters. The SMILES string of the molecule is CS(=O)(=O)NS(=O)(=O)Cc1cc(Cl)ncc1I. The highest BCUT2D eigenvalue weighted by atomic mass is 127. The molecule has 0 spiro atoms. The van der Waals surface area contributed by atoms with Crippen molar-refractivity contribution in [1.29, 1.82) is 0 Å². The van der Waals surface area contributed by atoms with Gasteiger partial charge >= 0.3 is 0 Å². The third kappa shape index (κ3) is 5.46. The molecule has 6 nitrogen and oxygen atoms in total. The molecule has 1 rings (SSSR count). The maximum atomic E-state index is 11.5. The summed E-state index contributed by atoms with van der Waals surface area (Å²) in [6.07, 6.45) is 2.18. The van der Waals surface area contributed by atoms with Gasteiger partial charge in [0, 0.05) is 9.77 Å². The van der Waals surface area contributed by atoms with E-state index in [0.29, 0.717) is 9.13 Å². The summed E-state index contributed by atoms with van der Waals surface area (Å²) in [4.78, 5) is 3.77. The lowest BCUT2D eigenvalue weighted by molar-refractivity contribution is 0.579. The van der Waals surface area contributed by atoms with E-state index in [0.717, 1.165) is 6.26 Å². The maximum absolute atomic E-state index is 11.5. The average molecular weight is 411 g/mol. The lowest BCUT2D eigenvalue weighted by atomic mass is 10.3. The number of nitrogens with zero attached hydrogens (tertiary/aromatic N) is 1. The summed E-state index contributed by atoms with van der Waals surface area (Å²) in [5.74, 6) is -0.472. The summed E-state index contributed by atoms with van der Waals surface area (Å²) in [6.45, 7) is 0. The Morgan fingerprint density at radius 1 is 1.41 bits per heavy atom. The van der Waals surface area contributed by atoms with Crippen LogP contribution in [-0.2, 0) is 25.8 Å². The van der Waals surface area contributed by atoms with Gasteiger partial charge in [0.15, 0.2) is 0 Å². The maximum Gasteiger partial charge on any atom is 0.228 e. The zero-order valence-electron chi connectivity index (χ0n) is 8.51. The van der Waals surface area contributed by atoms with Crippen molar-refractivity contribution in [2.75, 3.05) is 6.26 Å². The van der Waals surface area contributed by atoms with Gasteiger partial charge in [-0.15, -0.1) is 4.13 Å². The molecule has 17 heavy (non-hydrogen) atoms. The van der Waals surface area contributed by atoms with Crippen LogP contribution in [0.5, 0.6) is 0 Å². The zero-order chi connectivity index (χ0) is 13.3. The fraction of sp³-hybridized carbons (Fsp3) is 0.286. The number of hydrogen-bond acceptors (Lipinski definition) is 5. The Balaban J connectivity index is 3.02. The molecule has 0 aliphatic rings. The van der Waals surface area contributed by atoms with Gasteiger partial charge in [-0.2, -0.15) is 0 Å². The molecule has 10 heteroatoms. The zero-order valence-corrected chi connectivity index (χ0v) is 13.1. The normalized spacial score (nSPS) is 12.6. The molecule has 1 heterocycles. The van der Waals surface area contributed by atoms with Crippen LogP contribution in [0, 0.1) is 3.57 Å². The van der Waals surface area contributed by atoms with Crippen molar-refractivity contribution < 1.29 is 16.8 Å². The quantitative estimate of drug-likeness (QED) is 0.583. The van der Waals surface area contributed by atoms with E-state index in [1.807, 2.05) is 22.6 Å². The second kappa shape index (κ2) is 5.34. The van der Waals surface area contributed by atoms with Crippen molar-refractivity contribution in [2.45, 2.75) is 5.75 Å². The number of halogens is 2. The van der Waals surface area contributed by atoms with Gasteiger partial charge < -0.3 is 0 Å². The number of rotatable bonds is 4. The van der Waals surface area contributed by atoms with Crippen LogP contribution >= 0.6 is 34.2 Å². The van der Waals surface area contributed by atoms with Crippen molar-refractivity contribution in [3.63, 3.8) is 0 Å². The largest absolute Gasteiger partial charge is 0.243 e. The van der Waals surface area contributed by atoms with Gasteiger partial charge in [0.2, 0.25) is 20.0 Å². The highest BCUT2D eigenvalue weighted by Gasteiger charge is 2.18. The first-order valence-electron chi connectivity index (χ1n) is 4.10. The molecule has 1 N–H and O–H groups in total. The molecule has 0 radical (unpaired) electrons. The van der Waals surface area contributed by atoms with Crippen molar-refractivity contribution in [3.05, 3.63) is 26.5 Å². The van der Waals surface area contributed by atoms with Crippen LogP contribution in [0.1, 0.15) is 5.56 Å². The molecule has 0 saturated carbocycles. The Kier molecular flexibility index (Phi) is 4.74. The third-order valence-corrected chi connectivity index (χ3v) is 5.62. The third-order valence-electron chi connectivity index (χ3n) is 1.53. The van der Waals surface area contributed by atoms with Crippen LogP contribution in [0.25, 0.3) is 0 Å². The molecule has 0 aliphatic carbocycles. The van der Waals surface area contributed by atoms with Gasteiger partial charge in [0.05, 0.1) is 12.0 Å². The first kappa shape index (κ1) is 15.1. The Bertz CT molecular complexity index is 629. The number of sulfonamides is 2. The second-order valence-electron chi connectivity index (χ2n) is 3.21. The van der Waals surface area contributed by atoms with Crippen LogP contribution in [0.2, 0.25) is 5.15 Å². The monoisotopic (exact) mass is 410 g/mol. The van der Waals surface area contributed by atoms with Crippen molar-refractivity contribution in [2.24, 2.45) is 0 Å². The highest BCUT2D eigenvalue weighted by molar-refractivity contribution is 14.1. The molecular formula is C7H8ClIN2O4S2. The summed E-state index contributed by atoms with van der Waals surface area (Å²) in [7, 11) is -7.77. The minimum atomic E-state index is -3.96. The molecule has 0 saturated heterocycles. The van der Waals surface area contributed by atoms with Crippen LogP contribution < -0.4 is 4.13 Å². The predicted molar refractivity (Wildman–Crippen MR) is 72.6 cm³/mol. The van der Waals surface area contributed by atoms with Gasteiger partial charge in [-0.3, -0.25) is 0 Å². The van der Waals surface area contributed by atoms with E-state index in [1.54, 1.807) is 4.13 Å². The van der Waals surface area contributed by atoms with Crippen LogP contribution in [0.15, 0.2) is 12.3 Å². The number of aromatic nitrogens is 1. The Labute approximate surface area is 118 Å². The molecule has 0 bridgehead atoms. The Hall–Kier alpha value is 0.0300. The number of hydrogen-bond donors (Lipinski definition) is 1. The van der Waals surface area contributed by atoms with Crippen molar-refractivity contribution in [3.8, 4) is 0 Å². The summed E-state index contributed by atoms with van der Waals surface area (Å²) in [5, 5.41) is 0.148. The van der Waals surface area contributed by atoms with Gasteiger partial charge in [-0.05, 0) is 34.2 Å². The van der Waals surface area contributed by atoms with Gasteiger partial charge in [-0.1, -0.05) is 11.6 Å². The van der Waals surface area contributed by atoms with Crippen LogP contribution in [-0.4, -0.2) is 28.1 Å². The summed E-state index contributed by atoms with van der Waals surface area (Å²) >= 11 is 7.52. The van der Waals surface area contributed by atoms with Crippen LogP contribution in [0.4, 0.5) is 0 Å². The van der Waals surface area contributed by atoms with E-state index in [2.05, 4.69) is 4.98 Å². The van der Waals surface area contributed by atoms with E-state index >= 15 is 0 Å². The van der Waals surface area contributed by atoms with Crippen LogP contribution in [0.3, 0.4) is 0 Å². The molecule has 0 amide bonds. The topological polar surface area (TPSA) is 93.2 Å². The molecule has 96 valence electrons. The molecule has 0 fully saturated rings. The average Bonchev–Trinajstić information content (AvgIpc) is 2.06. The lowest BCUT2D eigenvalue weighted by Gasteiger charge is -2.06. The van der Waals surface area contributed by atoms with Gasteiger partial charge in [-0.25, -0.2) is 21.8 Å². The standard InChI is InChI=1S/C7H8ClIN2O4S2/c1-16(12,13)11-17(14,15)4-5-2-7(8)10-3-6(5)9/h2-3,11H,4H2,1H3. The molecule has 0 aromatic carbocycles. The van der Waals surface area contributed by atoms with E-state index in [4.69, 9.17) is 11.6 Å². The smallest absolute Gasteiger partial charge is 0.228 e. The Morgan fingerprint density at radius 2 is 2.00 bits per heavy atom. The lowest BCUT2D eigenvalue weighted by Crippen LogP contribution is -2.30. The predicted octanol–water partition coefficient (Wildman–Crippen LogP) is 0.719. The summed E-state index contributed by atoms with van der Waals surface area (Å²) in [5.41, 5.74) is 0.391. The van der Waals surface area contributed by atoms with E-state index in [9.17, 15) is 16.8 Å². The summed E-state index contributed by atoms with van der Waals surface area (Å²) < 4.78 is 46.9. The molecule has 0 aliphatic heterocycles. The molecule has 1 aromatic heterocycles. The Morgan fingerprint density at radius 3 is 2.53 bits per heavy atom. The highest BCUT2D eigenvalue weighted by Crippen LogP contribution is 2.17. The van der Waals surface area contributed by atoms with Gasteiger partial charge in [0.1, 0.15) is 5.15 Å². The van der Waals surface area contributed by atoms with E-state index < -0.39 is 25.8 Å². The van der Waals surface area contributed by atoms with Crippen molar-refractivity contribution in [1.82, 2.24) is 9.11 Å². The fourth-order valence-corrected chi connectivity index (χ4v) is 4.68. The minimum Gasteiger partial charge on any atom is -0.243 e. The molecular weight excluding hydrogens is 403 g/mol. The first-order valence-corrected chi connectivity index (χ1v) is 9.10. The van der Waals surface area contributed by atoms with Crippen molar-refractivity contribution >= 4 is 54.2 Å². The first-order chi connectivity index (χ1) is 7.59. The van der Waals surface area contributed by atoms with E-state index in [1.165, 1.54) is 12.3 Å². The molecule has 1 aromatic rings.